The molecule has 1 amide bonds. The van der Waals surface area contributed by atoms with Crippen molar-refractivity contribution in [2.45, 2.75) is 6.04 Å². The van der Waals surface area contributed by atoms with Gasteiger partial charge in [-0.05, 0) is 29.3 Å². The van der Waals surface area contributed by atoms with Crippen LogP contribution >= 0.6 is 11.3 Å². The lowest BCUT2D eigenvalue weighted by Crippen LogP contribution is -2.49. The van der Waals surface area contributed by atoms with Gasteiger partial charge in [0, 0.05) is 26.2 Å². The first-order chi connectivity index (χ1) is 16.2. The summed E-state index contributed by atoms with van der Waals surface area (Å²) in [6, 6.07) is 25.8. The van der Waals surface area contributed by atoms with E-state index in [4.69, 9.17) is 0 Å². The van der Waals surface area contributed by atoms with Crippen molar-refractivity contribution in [2.75, 3.05) is 38.0 Å². The van der Waals surface area contributed by atoms with E-state index in [9.17, 15) is 9.18 Å². The van der Waals surface area contributed by atoms with Gasteiger partial charge < -0.3 is 5.32 Å². The third kappa shape index (κ3) is 5.11. The number of hydrogen-bond donors (Lipinski definition) is 1. The van der Waals surface area contributed by atoms with Crippen LogP contribution in [0.2, 0.25) is 0 Å². The lowest BCUT2D eigenvalue weighted by molar-refractivity contribution is -0.117. The Balaban J connectivity index is 1.21. The van der Waals surface area contributed by atoms with Crippen LogP contribution in [0.4, 0.5) is 9.52 Å². The highest BCUT2D eigenvalue weighted by Crippen LogP contribution is 2.30. The van der Waals surface area contributed by atoms with Gasteiger partial charge in [-0.1, -0.05) is 72.0 Å². The van der Waals surface area contributed by atoms with E-state index in [0.717, 1.165) is 30.9 Å². The minimum atomic E-state index is -0.300. The fourth-order valence-electron chi connectivity index (χ4n) is 4.38. The number of nitrogens with one attached hydrogen (secondary N) is 1. The second kappa shape index (κ2) is 9.79. The summed E-state index contributed by atoms with van der Waals surface area (Å²) in [6.07, 6.45) is 0. The van der Waals surface area contributed by atoms with Crippen LogP contribution in [-0.4, -0.2) is 53.4 Å². The number of halogens is 1. The number of hydrogen-bond acceptors (Lipinski definition) is 5. The first-order valence-electron chi connectivity index (χ1n) is 11.1. The molecule has 5 rings (SSSR count). The quantitative estimate of drug-likeness (QED) is 0.450. The average Bonchev–Trinajstić information content (AvgIpc) is 3.23. The molecule has 0 radical (unpaired) electrons. The van der Waals surface area contributed by atoms with Crippen molar-refractivity contribution < 1.29 is 9.18 Å². The zero-order chi connectivity index (χ0) is 22.6. The molecule has 0 unspecified atom stereocenters. The first kappa shape index (κ1) is 21.7. The van der Waals surface area contributed by atoms with E-state index in [1.807, 2.05) is 12.1 Å². The van der Waals surface area contributed by atoms with Crippen LogP contribution in [0.25, 0.3) is 10.2 Å². The highest BCUT2D eigenvalue weighted by Gasteiger charge is 2.27. The van der Waals surface area contributed by atoms with Gasteiger partial charge in [-0.3, -0.25) is 14.6 Å². The van der Waals surface area contributed by atoms with E-state index < -0.39 is 0 Å². The van der Waals surface area contributed by atoms with Crippen LogP contribution < -0.4 is 5.32 Å². The SMILES string of the molecule is O=C(CN1CCN(C(c2ccccc2)c2ccccc2)CC1)Nc1nc2ccc(F)cc2s1. The van der Waals surface area contributed by atoms with E-state index in [1.165, 1.54) is 34.6 Å². The molecule has 5 nitrogen and oxygen atoms in total. The number of piperazine rings is 1. The van der Waals surface area contributed by atoms with E-state index in [-0.39, 0.29) is 17.8 Å². The summed E-state index contributed by atoms with van der Waals surface area (Å²) in [4.78, 5) is 21.7. The number of aromatic nitrogens is 1. The van der Waals surface area contributed by atoms with Gasteiger partial charge in [0.15, 0.2) is 5.13 Å². The molecule has 1 aliphatic rings. The zero-order valence-corrected chi connectivity index (χ0v) is 19.0. The lowest BCUT2D eigenvalue weighted by Gasteiger charge is -2.39. The topological polar surface area (TPSA) is 48.5 Å². The van der Waals surface area contributed by atoms with E-state index >= 15 is 0 Å². The zero-order valence-electron chi connectivity index (χ0n) is 18.2. The van der Waals surface area contributed by atoms with Crippen LogP contribution in [0.5, 0.6) is 0 Å². The van der Waals surface area contributed by atoms with Gasteiger partial charge in [-0.2, -0.15) is 0 Å². The van der Waals surface area contributed by atoms with Gasteiger partial charge in [0.2, 0.25) is 5.91 Å². The molecule has 0 aliphatic carbocycles. The van der Waals surface area contributed by atoms with Crippen molar-refractivity contribution in [3.8, 4) is 0 Å². The van der Waals surface area contributed by atoms with Gasteiger partial charge in [0.1, 0.15) is 5.82 Å². The van der Waals surface area contributed by atoms with E-state index in [2.05, 4.69) is 68.6 Å². The fraction of sp³-hybridized carbons (Fsp3) is 0.231. The number of anilines is 1. The van der Waals surface area contributed by atoms with E-state index in [0.29, 0.717) is 17.2 Å². The molecule has 0 saturated carbocycles. The lowest BCUT2D eigenvalue weighted by atomic mass is 9.96. The van der Waals surface area contributed by atoms with Crippen molar-refractivity contribution in [3.05, 3.63) is 95.8 Å². The molecule has 168 valence electrons. The summed E-state index contributed by atoms with van der Waals surface area (Å²) < 4.78 is 14.1. The van der Waals surface area contributed by atoms with Crippen LogP contribution in [0.3, 0.4) is 0 Å². The molecular weight excluding hydrogens is 435 g/mol. The van der Waals surface area contributed by atoms with Gasteiger partial charge >= 0.3 is 0 Å². The molecule has 33 heavy (non-hydrogen) atoms. The Morgan fingerprint density at radius 2 is 1.58 bits per heavy atom. The molecule has 2 heterocycles. The second-order valence-electron chi connectivity index (χ2n) is 8.22. The number of thiazole rings is 1. The first-order valence-corrected chi connectivity index (χ1v) is 11.9. The molecule has 3 aromatic carbocycles. The molecule has 0 bridgehead atoms. The number of fused-ring (bicyclic) bond motifs is 1. The van der Waals surface area contributed by atoms with Gasteiger partial charge in [0.05, 0.1) is 22.8 Å². The van der Waals surface area contributed by atoms with Gasteiger partial charge in [-0.25, -0.2) is 9.37 Å². The number of carbonyl (C=O) groups excluding carboxylic acids is 1. The minimum Gasteiger partial charge on any atom is -0.301 e. The van der Waals surface area contributed by atoms with Crippen molar-refractivity contribution in [3.63, 3.8) is 0 Å². The highest BCUT2D eigenvalue weighted by atomic mass is 32.1. The molecule has 0 atom stereocenters. The molecule has 7 heteroatoms. The van der Waals surface area contributed by atoms with Crippen molar-refractivity contribution in [1.82, 2.24) is 14.8 Å². The smallest absolute Gasteiger partial charge is 0.240 e. The normalized spacial score (nSPS) is 15.2. The van der Waals surface area contributed by atoms with Crippen molar-refractivity contribution in [2.24, 2.45) is 0 Å². The Kier molecular flexibility index (Phi) is 6.44. The number of amides is 1. The predicted octanol–water partition coefficient (Wildman–Crippen LogP) is 4.78. The number of carbonyl (C=O) groups is 1. The second-order valence-corrected chi connectivity index (χ2v) is 9.25. The Bertz CT molecular complexity index is 1180. The molecule has 0 spiro atoms. The molecule has 1 saturated heterocycles. The maximum Gasteiger partial charge on any atom is 0.240 e. The van der Waals surface area contributed by atoms with Crippen LogP contribution in [-0.2, 0) is 4.79 Å². The summed E-state index contributed by atoms with van der Waals surface area (Å²) in [6.45, 7) is 3.70. The molecule has 4 aromatic rings. The summed E-state index contributed by atoms with van der Waals surface area (Å²) in [7, 11) is 0. The molecule has 1 N–H and O–H groups in total. The third-order valence-electron chi connectivity index (χ3n) is 5.97. The summed E-state index contributed by atoms with van der Waals surface area (Å²) in [5, 5.41) is 3.38. The van der Waals surface area contributed by atoms with Crippen LogP contribution in [0, 0.1) is 5.82 Å². The van der Waals surface area contributed by atoms with E-state index in [1.54, 1.807) is 6.07 Å². The van der Waals surface area contributed by atoms with Crippen LogP contribution in [0.15, 0.2) is 78.9 Å². The summed E-state index contributed by atoms with van der Waals surface area (Å²) >= 11 is 1.29. The molecule has 1 aromatic heterocycles. The Hall–Kier alpha value is -3.13. The van der Waals surface area contributed by atoms with Gasteiger partial charge in [-0.15, -0.1) is 0 Å². The number of rotatable bonds is 6. The highest BCUT2D eigenvalue weighted by molar-refractivity contribution is 7.22. The molecular formula is C26H25FN4OS. The maximum atomic E-state index is 13.4. The summed E-state index contributed by atoms with van der Waals surface area (Å²) in [5.41, 5.74) is 3.25. The maximum absolute atomic E-state index is 13.4. The molecule has 1 aliphatic heterocycles. The largest absolute Gasteiger partial charge is 0.301 e. The standard InChI is InChI=1S/C26H25FN4OS/c27-21-11-12-22-23(17-21)33-26(28-22)29-24(32)18-30-13-15-31(16-14-30)25(19-7-3-1-4-8-19)20-9-5-2-6-10-20/h1-12,17,25H,13-16,18H2,(H,28,29,32). The van der Waals surface area contributed by atoms with Crippen molar-refractivity contribution >= 4 is 32.6 Å². The number of nitrogens with zero attached hydrogens (tertiary/aromatic N) is 3. The Morgan fingerprint density at radius 1 is 0.939 bits per heavy atom. The predicted molar refractivity (Wildman–Crippen MR) is 131 cm³/mol. The monoisotopic (exact) mass is 460 g/mol. The third-order valence-corrected chi connectivity index (χ3v) is 6.90. The summed E-state index contributed by atoms with van der Waals surface area (Å²) in [5.74, 6) is -0.392. The average molecular weight is 461 g/mol. The van der Waals surface area contributed by atoms with Crippen molar-refractivity contribution in [1.29, 1.82) is 0 Å². The molecule has 1 fully saturated rings. The minimum absolute atomic E-state index is 0.0920. The number of benzene rings is 3. The Labute approximate surface area is 196 Å². The Morgan fingerprint density at radius 3 is 2.21 bits per heavy atom. The van der Waals surface area contributed by atoms with Gasteiger partial charge in [0.25, 0.3) is 0 Å². The van der Waals surface area contributed by atoms with Crippen LogP contribution in [0.1, 0.15) is 17.2 Å². The fourth-order valence-corrected chi connectivity index (χ4v) is 5.29.